The molecule has 1 amide bonds. The summed E-state index contributed by atoms with van der Waals surface area (Å²) in [6.07, 6.45) is 1.11. The molecular weight excluding hydrogens is 422 g/mol. The number of phenols is 1. The number of hydrazone groups is 1. The van der Waals surface area contributed by atoms with Gasteiger partial charge in [-0.2, -0.15) is 5.10 Å². The standard InChI is InChI=1S/C24H17N5O4/c30-22-12-11-19(29(32)33)13-18(22)15-25-28-24(31)23-26-20(16-7-3-1-4-8-16)14-21(27-23)17-9-5-2-6-10-17/h1-15,30H,(H,28,31)/b25-15+. The lowest BCUT2D eigenvalue weighted by Gasteiger charge is -2.08. The molecule has 0 saturated carbocycles. The van der Waals surface area contributed by atoms with Crippen molar-refractivity contribution in [2.75, 3.05) is 0 Å². The Morgan fingerprint density at radius 3 is 2.03 bits per heavy atom. The van der Waals surface area contributed by atoms with E-state index in [9.17, 15) is 20.0 Å². The first-order valence-electron chi connectivity index (χ1n) is 9.82. The number of nitrogens with zero attached hydrogens (tertiary/aromatic N) is 4. The number of benzene rings is 3. The Morgan fingerprint density at radius 1 is 0.909 bits per heavy atom. The van der Waals surface area contributed by atoms with Gasteiger partial charge in [-0.3, -0.25) is 14.9 Å². The van der Waals surface area contributed by atoms with Crippen molar-refractivity contribution in [3.63, 3.8) is 0 Å². The van der Waals surface area contributed by atoms with Gasteiger partial charge in [0.2, 0.25) is 5.82 Å². The average molecular weight is 439 g/mol. The average Bonchev–Trinajstić information content (AvgIpc) is 2.85. The zero-order chi connectivity index (χ0) is 23.2. The van der Waals surface area contributed by atoms with Crippen molar-refractivity contribution >= 4 is 17.8 Å². The maximum absolute atomic E-state index is 12.7. The van der Waals surface area contributed by atoms with Gasteiger partial charge >= 0.3 is 5.91 Å². The van der Waals surface area contributed by atoms with Crippen molar-refractivity contribution < 1.29 is 14.8 Å². The van der Waals surface area contributed by atoms with Crippen molar-refractivity contribution in [3.05, 3.63) is 106 Å². The highest BCUT2D eigenvalue weighted by molar-refractivity contribution is 5.93. The number of hydrogen-bond donors (Lipinski definition) is 2. The number of aromatic hydroxyl groups is 1. The van der Waals surface area contributed by atoms with Crippen LogP contribution >= 0.6 is 0 Å². The van der Waals surface area contributed by atoms with E-state index < -0.39 is 10.8 Å². The minimum absolute atomic E-state index is 0.0772. The van der Waals surface area contributed by atoms with Crippen LogP contribution in [0, 0.1) is 10.1 Å². The van der Waals surface area contributed by atoms with E-state index in [1.807, 2.05) is 60.7 Å². The number of phenolic OH excluding ortho intramolecular Hbond substituents is 1. The SMILES string of the molecule is O=C(N/N=C/c1cc([N+](=O)[O-])ccc1O)c1nc(-c2ccccc2)cc(-c2ccccc2)n1. The molecule has 0 fully saturated rings. The Hall–Kier alpha value is -4.92. The fourth-order valence-corrected chi connectivity index (χ4v) is 3.03. The van der Waals surface area contributed by atoms with Crippen LogP contribution in [0.1, 0.15) is 16.2 Å². The number of rotatable bonds is 6. The molecule has 162 valence electrons. The second-order valence-corrected chi connectivity index (χ2v) is 6.89. The largest absolute Gasteiger partial charge is 0.507 e. The van der Waals surface area contributed by atoms with Crippen LogP contribution in [0.15, 0.2) is 90.0 Å². The van der Waals surface area contributed by atoms with E-state index in [1.54, 1.807) is 6.07 Å². The Kier molecular flexibility index (Phi) is 6.12. The molecule has 0 aliphatic heterocycles. The van der Waals surface area contributed by atoms with Gasteiger partial charge in [-0.15, -0.1) is 0 Å². The third-order valence-electron chi connectivity index (χ3n) is 4.66. The fourth-order valence-electron chi connectivity index (χ4n) is 3.03. The first kappa shape index (κ1) is 21.3. The van der Waals surface area contributed by atoms with Crippen molar-refractivity contribution in [1.82, 2.24) is 15.4 Å². The predicted octanol–water partition coefficient (Wildman–Crippen LogP) is 4.19. The van der Waals surface area contributed by atoms with Crippen LogP contribution in [0.5, 0.6) is 5.75 Å². The first-order chi connectivity index (χ1) is 16.0. The molecule has 0 radical (unpaired) electrons. The summed E-state index contributed by atoms with van der Waals surface area (Å²) in [5, 5.41) is 24.6. The van der Waals surface area contributed by atoms with E-state index >= 15 is 0 Å². The lowest BCUT2D eigenvalue weighted by molar-refractivity contribution is -0.384. The van der Waals surface area contributed by atoms with Gasteiger partial charge in [0, 0.05) is 28.8 Å². The van der Waals surface area contributed by atoms with Gasteiger partial charge in [-0.1, -0.05) is 60.7 Å². The van der Waals surface area contributed by atoms with E-state index in [4.69, 9.17) is 0 Å². The van der Waals surface area contributed by atoms with Gasteiger partial charge in [0.05, 0.1) is 22.5 Å². The number of carbonyl (C=O) groups is 1. The third kappa shape index (κ3) is 5.05. The normalized spacial score (nSPS) is 10.8. The molecule has 1 aromatic heterocycles. The molecule has 0 spiro atoms. The number of non-ortho nitro benzene ring substituents is 1. The number of hydrogen-bond acceptors (Lipinski definition) is 7. The highest BCUT2D eigenvalue weighted by Crippen LogP contribution is 2.24. The minimum Gasteiger partial charge on any atom is -0.507 e. The number of nitro benzene ring substituents is 1. The lowest BCUT2D eigenvalue weighted by atomic mass is 10.1. The van der Waals surface area contributed by atoms with Crippen molar-refractivity contribution in [2.45, 2.75) is 0 Å². The molecule has 0 aliphatic carbocycles. The van der Waals surface area contributed by atoms with E-state index in [0.29, 0.717) is 11.4 Å². The molecule has 1 heterocycles. The summed E-state index contributed by atoms with van der Waals surface area (Å²) in [4.78, 5) is 31.8. The summed E-state index contributed by atoms with van der Waals surface area (Å²) >= 11 is 0. The summed E-state index contributed by atoms with van der Waals surface area (Å²) in [5.41, 5.74) is 4.93. The molecule has 3 aromatic carbocycles. The molecule has 33 heavy (non-hydrogen) atoms. The summed E-state index contributed by atoms with van der Waals surface area (Å²) in [6.45, 7) is 0. The van der Waals surface area contributed by atoms with Crippen LogP contribution in [0.4, 0.5) is 5.69 Å². The molecule has 0 atom stereocenters. The Labute approximate surface area is 188 Å². The minimum atomic E-state index is -0.675. The van der Waals surface area contributed by atoms with Crippen LogP contribution in [-0.4, -0.2) is 32.1 Å². The van der Waals surface area contributed by atoms with Crippen LogP contribution < -0.4 is 5.43 Å². The van der Waals surface area contributed by atoms with Crippen molar-refractivity contribution in [3.8, 4) is 28.3 Å². The zero-order valence-corrected chi connectivity index (χ0v) is 17.1. The van der Waals surface area contributed by atoms with Gasteiger partial charge in [0.15, 0.2) is 0 Å². The van der Waals surface area contributed by atoms with Gasteiger partial charge < -0.3 is 5.11 Å². The first-order valence-corrected chi connectivity index (χ1v) is 9.82. The molecule has 9 heteroatoms. The van der Waals surface area contributed by atoms with Crippen molar-refractivity contribution in [1.29, 1.82) is 0 Å². The number of aromatic nitrogens is 2. The molecule has 0 saturated heterocycles. The quantitative estimate of drug-likeness (QED) is 0.263. The van der Waals surface area contributed by atoms with E-state index in [0.717, 1.165) is 23.4 Å². The van der Waals surface area contributed by atoms with E-state index in [1.165, 1.54) is 12.1 Å². The molecule has 4 rings (SSSR count). The number of carbonyl (C=O) groups excluding carboxylic acids is 1. The second kappa shape index (κ2) is 9.48. The molecule has 4 aromatic rings. The lowest BCUT2D eigenvalue weighted by Crippen LogP contribution is -2.21. The summed E-state index contributed by atoms with van der Waals surface area (Å²) in [6, 6.07) is 24.0. The highest BCUT2D eigenvalue weighted by Gasteiger charge is 2.15. The van der Waals surface area contributed by atoms with Gasteiger partial charge in [-0.25, -0.2) is 15.4 Å². The van der Waals surface area contributed by atoms with Gasteiger partial charge in [-0.05, 0) is 12.1 Å². The number of amides is 1. The number of nitro groups is 1. The Morgan fingerprint density at radius 2 is 1.48 bits per heavy atom. The summed E-state index contributed by atoms with van der Waals surface area (Å²) < 4.78 is 0. The number of nitrogens with one attached hydrogen (secondary N) is 1. The fraction of sp³-hybridized carbons (Fsp3) is 0. The summed E-state index contributed by atoms with van der Waals surface area (Å²) in [7, 11) is 0. The Bertz CT molecular complexity index is 1280. The molecular formula is C24H17N5O4. The maximum Gasteiger partial charge on any atom is 0.309 e. The monoisotopic (exact) mass is 439 g/mol. The summed E-state index contributed by atoms with van der Waals surface area (Å²) in [5.74, 6) is -0.992. The molecule has 0 aliphatic rings. The molecule has 2 N–H and O–H groups in total. The van der Waals surface area contributed by atoms with Gasteiger partial charge in [0.25, 0.3) is 5.69 Å². The maximum atomic E-state index is 12.7. The van der Waals surface area contributed by atoms with Crippen LogP contribution in [0.3, 0.4) is 0 Å². The topological polar surface area (TPSA) is 131 Å². The predicted molar refractivity (Wildman–Crippen MR) is 123 cm³/mol. The van der Waals surface area contributed by atoms with Crippen LogP contribution in [0.25, 0.3) is 22.5 Å². The van der Waals surface area contributed by atoms with Crippen LogP contribution in [-0.2, 0) is 0 Å². The van der Waals surface area contributed by atoms with Crippen LogP contribution in [0.2, 0.25) is 0 Å². The second-order valence-electron chi connectivity index (χ2n) is 6.89. The van der Waals surface area contributed by atoms with E-state index in [-0.39, 0.29) is 22.8 Å². The smallest absolute Gasteiger partial charge is 0.309 e. The van der Waals surface area contributed by atoms with Gasteiger partial charge in [0.1, 0.15) is 5.75 Å². The Balaban J connectivity index is 1.64. The van der Waals surface area contributed by atoms with E-state index in [2.05, 4.69) is 20.5 Å². The molecule has 0 bridgehead atoms. The third-order valence-corrected chi connectivity index (χ3v) is 4.66. The zero-order valence-electron chi connectivity index (χ0n) is 17.1. The van der Waals surface area contributed by atoms with Crippen molar-refractivity contribution in [2.24, 2.45) is 5.10 Å². The molecule has 0 unspecified atom stereocenters. The highest BCUT2D eigenvalue weighted by atomic mass is 16.6. The molecule has 9 nitrogen and oxygen atoms in total.